The van der Waals surface area contributed by atoms with Crippen molar-refractivity contribution >= 4 is 23.4 Å². The van der Waals surface area contributed by atoms with Crippen molar-refractivity contribution in [3.05, 3.63) is 5.56 Å². The van der Waals surface area contributed by atoms with Crippen LogP contribution in [-0.2, 0) is 0 Å². The van der Waals surface area contributed by atoms with Gasteiger partial charge in [-0.15, -0.1) is 0 Å². The van der Waals surface area contributed by atoms with E-state index in [4.69, 9.17) is 11.5 Å². The van der Waals surface area contributed by atoms with Crippen LogP contribution in [0.5, 0.6) is 0 Å². The fourth-order valence-corrected chi connectivity index (χ4v) is 2.11. The molecule has 1 aromatic heterocycles. The molecule has 0 spiro atoms. The lowest BCUT2D eigenvalue weighted by Gasteiger charge is -2.46. The number of nitrogen functional groups attached to an aromatic ring is 2. The second kappa shape index (κ2) is 3.87. The molecule has 1 fully saturated rings. The molecule has 2 heterocycles. The molecular formula is C11H17N5O. The summed E-state index contributed by atoms with van der Waals surface area (Å²) >= 11 is 0. The third-order valence-corrected chi connectivity index (χ3v) is 3.36. The minimum Gasteiger partial charge on any atom is -0.383 e. The lowest BCUT2D eigenvalue weighted by atomic mass is 9.91. The van der Waals surface area contributed by atoms with Gasteiger partial charge < -0.3 is 16.4 Å². The van der Waals surface area contributed by atoms with Crippen LogP contribution >= 0.6 is 0 Å². The van der Waals surface area contributed by atoms with E-state index in [2.05, 4.69) is 23.8 Å². The Morgan fingerprint density at radius 2 is 2.00 bits per heavy atom. The maximum absolute atomic E-state index is 11.6. The van der Waals surface area contributed by atoms with E-state index in [0.29, 0.717) is 23.3 Å². The smallest absolute Gasteiger partial charge is 0.223 e. The van der Waals surface area contributed by atoms with Gasteiger partial charge in [-0.25, -0.2) is 0 Å². The highest BCUT2D eigenvalue weighted by Crippen LogP contribution is 2.33. The fraction of sp³-hybridized carbons (Fsp3) is 0.545. The first-order valence-corrected chi connectivity index (χ1v) is 5.62. The Labute approximate surface area is 100 Å². The largest absolute Gasteiger partial charge is 0.383 e. The summed E-state index contributed by atoms with van der Waals surface area (Å²) in [4.78, 5) is 21.6. The van der Waals surface area contributed by atoms with Crippen molar-refractivity contribution in [3.63, 3.8) is 0 Å². The van der Waals surface area contributed by atoms with E-state index >= 15 is 0 Å². The van der Waals surface area contributed by atoms with E-state index < -0.39 is 0 Å². The molecule has 0 saturated carbocycles. The molecular weight excluding hydrogens is 218 g/mol. The molecule has 0 bridgehead atoms. The van der Waals surface area contributed by atoms with Gasteiger partial charge in [0.05, 0.1) is 0 Å². The zero-order valence-electron chi connectivity index (χ0n) is 10.3. The van der Waals surface area contributed by atoms with Crippen molar-refractivity contribution in [2.24, 2.45) is 5.92 Å². The maximum Gasteiger partial charge on any atom is 0.223 e. The van der Waals surface area contributed by atoms with Gasteiger partial charge in [0.15, 0.2) is 5.78 Å². The molecule has 1 aliphatic rings. The predicted molar refractivity (Wildman–Crippen MR) is 66.8 cm³/mol. The molecule has 2 unspecified atom stereocenters. The summed E-state index contributed by atoms with van der Waals surface area (Å²) in [6.07, 6.45) is 0. The molecule has 0 amide bonds. The lowest BCUT2D eigenvalue weighted by molar-refractivity contribution is 0.101. The number of ketones is 1. The van der Waals surface area contributed by atoms with Gasteiger partial charge in [0.25, 0.3) is 0 Å². The number of hydrogen-bond acceptors (Lipinski definition) is 6. The Morgan fingerprint density at radius 1 is 1.35 bits per heavy atom. The molecule has 17 heavy (non-hydrogen) atoms. The molecule has 2 rings (SSSR count). The minimum absolute atomic E-state index is 0.106. The van der Waals surface area contributed by atoms with Gasteiger partial charge >= 0.3 is 0 Å². The number of aromatic nitrogens is 2. The van der Waals surface area contributed by atoms with Gasteiger partial charge in [0.2, 0.25) is 5.95 Å². The van der Waals surface area contributed by atoms with Crippen LogP contribution in [0, 0.1) is 5.92 Å². The summed E-state index contributed by atoms with van der Waals surface area (Å²) in [5, 5.41) is 0. The van der Waals surface area contributed by atoms with Gasteiger partial charge in [0, 0.05) is 12.6 Å². The van der Waals surface area contributed by atoms with Gasteiger partial charge in [-0.1, -0.05) is 6.92 Å². The molecule has 4 N–H and O–H groups in total. The van der Waals surface area contributed by atoms with Gasteiger partial charge in [-0.05, 0) is 19.8 Å². The highest BCUT2D eigenvalue weighted by molar-refractivity contribution is 6.03. The number of hydrogen-bond donors (Lipinski definition) is 2. The van der Waals surface area contributed by atoms with Crippen molar-refractivity contribution in [2.45, 2.75) is 26.8 Å². The maximum atomic E-state index is 11.6. The van der Waals surface area contributed by atoms with Crippen molar-refractivity contribution < 1.29 is 4.79 Å². The monoisotopic (exact) mass is 235 g/mol. The molecule has 1 aromatic rings. The van der Waals surface area contributed by atoms with Crippen LogP contribution in [0.15, 0.2) is 0 Å². The third kappa shape index (κ3) is 1.79. The SMILES string of the molecule is CC(=O)c1c(N)nc(N)nc1N1CC(C)C1C. The van der Waals surface area contributed by atoms with Crippen LogP contribution in [0.3, 0.4) is 0 Å². The van der Waals surface area contributed by atoms with Gasteiger partial charge in [-0.3, -0.25) is 4.79 Å². The van der Waals surface area contributed by atoms with Crippen LogP contribution < -0.4 is 16.4 Å². The minimum atomic E-state index is -0.135. The number of anilines is 3. The van der Waals surface area contributed by atoms with E-state index in [1.54, 1.807) is 0 Å². The Morgan fingerprint density at radius 3 is 2.47 bits per heavy atom. The summed E-state index contributed by atoms with van der Waals surface area (Å²) in [7, 11) is 0. The molecule has 6 heteroatoms. The summed E-state index contributed by atoms with van der Waals surface area (Å²) in [6, 6.07) is 0.335. The number of Topliss-reactive ketones (excluding diaryl/α,β-unsaturated/α-hetero) is 1. The van der Waals surface area contributed by atoms with Crippen molar-refractivity contribution in [1.29, 1.82) is 0 Å². The number of rotatable bonds is 2. The second-order valence-corrected chi connectivity index (χ2v) is 4.59. The first kappa shape index (κ1) is 11.6. The zero-order chi connectivity index (χ0) is 12.7. The zero-order valence-corrected chi connectivity index (χ0v) is 10.3. The highest BCUT2D eigenvalue weighted by atomic mass is 16.1. The van der Waals surface area contributed by atoms with E-state index in [0.717, 1.165) is 6.54 Å². The quantitative estimate of drug-likeness (QED) is 0.732. The third-order valence-electron chi connectivity index (χ3n) is 3.36. The molecule has 92 valence electrons. The van der Waals surface area contributed by atoms with Crippen LogP contribution in [0.2, 0.25) is 0 Å². The number of nitrogens with two attached hydrogens (primary N) is 2. The standard InChI is InChI=1S/C11H17N5O/c1-5-4-16(6(5)2)10-8(7(3)17)9(12)14-11(13)15-10/h5-6H,4H2,1-3H3,(H4,12,13,14,15). The lowest BCUT2D eigenvalue weighted by Crippen LogP contribution is -2.54. The van der Waals surface area contributed by atoms with E-state index in [9.17, 15) is 4.79 Å². The number of carbonyl (C=O) groups excluding carboxylic acids is 1. The predicted octanol–water partition coefficient (Wildman–Crippen LogP) is 0.688. The number of carbonyl (C=O) groups is 1. The van der Waals surface area contributed by atoms with Crippen LogP contribution in [0.25, 0.3) is 0 Å². The summed E-state index contributed by atoms with van der Waals surface area (Å²) in [5.74, 6) is 1.27. The van der Waals surface area contributed by atoms with Crippen LogP contribution in [0.4, 0.5) is 17.6 Å². The van der Waals surface area contributed by atoms with Gasteiger partial charge in [0.1, 0.15) is 17.2 Å². The van der Waals surface area contributed by atoms with E-state index in [1.807, 2.05) is 4.90 Å². The molecule has 2 atom stereocenters. The summed E-state index contributed by atoms with van der Waals surface area (Å²) in [5.41, 5.74) is 11.7. The Balaban J connectivity index is 2.49. The fourth-order valence-electron chi connectivity index (χ4n) is 2.11. The Bertz CT molecular complexity index is 473. The molecule has 6 nitrogen and oxygen atoms in total. The van der Waals surface area contributed by atoms with E-state index in [1.165, 1.54) is 6.92 Å². The first-order chi connectivity index (χ1) is 7.91. The molecule has 0 aromatic carbocycles. The van der Waals surface area contributed by atoms with Crippen LogP contribution in [-0.4, -0.2) is 28.3 Å². The number of nitrogens with zero attached hydrogens (tertiary/aromatic N) is 3. The molecule has 0 aliphatic carbocycles. The normalized spacial score (nSPS) is 23.4. The topological polar surface area (TPSA) is 98.1 Å². The van der Waals surface area contributed by atoms with Crippen LogP contribution in [0.1, 0.15) is 31.1 Å². The average Bonchev–Trinajstić information content (AvgIpc) is 2.23. The molecule has 1 aliphatic heterocycles. The van der Waals surface area contributed by atoms with Crippen molar-refractivity contribution in [3.8, 4) is 0 Å². The highest BCUT2D eigenvalue weighted by Gasteiger charge is 2.35. The average molecular weight is 235 g/mol. The van der Waals surface area contributed by atoms with E-state index in [-0.39, 0.29) is 17.5 Å². The first-order valence-electron chi connectivity index (χ1n) is 5.62. The van der Waals surface area contributed by atoms with Crippen molar-refractivity contribution in [2.75, 3.05) is 22.9 Å². The Kier molecular flexibility index (Phi) is 2.65. The molecule has 1 saturated heterocycles. The second-order valence-electron chi connectivity index (χ2n) is 4.59. The summed E-state index contributed by atoms with van der Waals surface area (Å²) in [6.45, 7) is 6.56. The Hall–Kier alpha value is -1.85. The molecule has 0 radical (unpaired) electrons. The van der Waals surface area contributed by atoms with Crippen molar-refractivity contribution in [1.82, 2.24) is 9.97 Å². The summed E-state index contributed by atoms with van der Waals surface area (Å²) < 4.78 is 0. The van der Waals surface area contributed by atoms with Gasteiger partial charge in [-0.2, -0.15) is 9.97 Å².